The molecule has 100 valence electrons. The summed E-state index contributed by atoms with van der Waals surface area (Å²) in [5.41, 5.74) is 0. The zero-order chi connectivity index (χ0) is 13.1. The van der Waals surface area contributed by atoms with E-state index in [1.54, 1.807) is 6.07 Å². The largest absolute Gasteiger partial charge is 0.379 e. The lowest BCUT2D eigenvalue weighted by Gasteiger charge is -2.19. The number of rotatable bonds is 6. The smallest absolute Gasteiger partial charge is 0.150 e. The van der Waals surface area contributed by atoms with Gasteiger partial charge in [-0.1, -0.05) is 34.8 Å². The fourth-order valence-corrected chi connectivity index (χ4v) is 2.18. The molecular weight excluding hydrogens is 295 g/mol. The summed E-state index contributed by atoms with van der Waals surface area (Å²) >= 11 is 17.8. The molecule has 0 N–H and O–H groups in total. The predicted molar refractivity (Wildman–Crippen MR) is 76.1 cm³/mol. The molecule has 0 atom stereocenters. The van der Waals surface area contributed by atoms with Crippen LogP contribution in [0.25, 0.3) is 0 Å². The maximum atomic E-state index is 6.08. The van der Waals surface area contributed by atoms with Crippen molar-refractivity contribution in [3.05, 3.63) is 21.3 Å². The van der Waals surface area contributed by atoms with E-state index in [-0.39, 0.29) is 5.15 Å². The number of hydrogen-bond acceptors (Lipinski definition) is 3. The van der Waals surface area contributed by atoms with Crippen LogP contribution in [0.3, 0.4) is 0 Å². The highest BCUT2D eigenvalue weighted by atomic mass is 35.5. The van der Waals surface area contributed by atoms with Gasteiger partial charge in [-0.25, -0.2) is 4.98 Å². The number of likely N-dealkylation sites (N-methyl/N-ethyl adjacent to an activating group) is 1. The minimum atomic E-state index is 0.266. The number of pyridine rings is 1. The first-order valence-corrected chi connectivity index (χ1v) is 7.01. The van der Waals surface area contributed by atoms with E-state index in [1.165, 1.54) is 12.8 Å². The molecule has 2 rings (SSSR count). The Balaban J connectivity index is 1.86. The number of halogens is 3. The van der Waals surface area contributed by atoms with Gasteiger partial charge in [0.05, 0.1) is 16.7 Å². The highest BCUT2D eigenvalue weighted by Gasteiger charge is 2.21. The van der Waals surface area contributed by atoms with Gasteiger partial charge >= 0.3 is 0 Å². The van der Waals surface area contributed by atoms with Crippen molar-refractivity contribution >= 4 is 40.6 Å². The second-order valence-electron chi connectivity index (χ2n) is 4.51. The van der Waals surface area contributed by atoms with Crippen molar-refractivity contribution in [2.24, 2.45) is 5.92 Å². The van der Waals surface area contributed by atoms with Gasteiger partial charge in [-0.2, -0.15) is 0 Å². The first-order chi connectivity index (χ1) is 8.58. The Labute approximate surface area is 122 Å². The van der Waals surface area contributed by atoms with Gasteiger partial charge in [-0.3, -0.25) is 0 Å². The Morgan fingerprint density at radius 3 is 2.72 bits per heavy atom. The van der Waals surface area contributed by atoms with E-state index >= 15 is 0 Å². The number of hydrogen-bond donors (Lipinski definition) is 0. The Morgan fingerprint density at radius 2 is 2.06 bits per heavy atom. The molecule has 0 radical (unpaired) electrons. The molecule has 0 aliphatic heterocycles. The first kappa shape index (κ1) is 14.2. The first-order valence-electron chi connectivity index (χ1n) is 5.88. The van der Waals surface area contributed by atoms with Crippen molar-refractivity contribution in [1.29, 1.82) is 0 Å². The Kier molecular flexibility index (Phi) is 4.96. The van der Waals surface area contributed by atoms with Crippen LogP contribution in [-0.2, 0) is 4.74 Å². The second kappa shape index (κ2) is 6.29. The van der Waals surface area contributed by atoms with E-state index in [2.05, 4.69) is 4.98 Å². The van der Waals surface area contributed by atoms with Gasteiger partial charge < -0.3 is 9.64 Å². The molecule has 0 unspecified atom stereocenters. The standard InChI is InChI=1S/C12H15Cl3N2O/c1-17(4-5-18-7-8-2-3-8)12-10(14)6-9(13)11(15)16-12/h6,8H,2-5,7H2,1H3. The minimum absolute atomic E-state index is 0.266. The average molecular weight is 310 g/mol. The fraction of sp³-hybridized carbons (Fsp3) is 0.583. The van der Waals surface area contributed by atoms with Crippen LogP contribution in [0, 0.1) is 5.92 Å². The summed E-state index contributed by atoms with van der Waals surface area (Å²) in [4.78, 5) is 6.08. The molecule has 3 nitrogen and oxygen atoms in total. The molecule has 18 heavy (non-hydrogen) atoms. The molecule has 1 aromatic rings. The number of anilines is 1. The second-order valence-corrected chi connectivity index (χ2v) is 5.68. The van der Waals surface area contributed by atoms with Crippen LogP contribution < -0.4 is 4.90 Å². The quantitative estimate of drug-likeness (QED) is 0.588. The van der Waals surface area contributed by atoms with Crippen molar-refractivity contribution in [3.8, 4) is 0 Å². The summed E-state index contributed by atoms with van der Waals surface area (Å²) in [6.45, 7) is 2.24. The maximum Gasteiger partial charge on any atom is 0.150 e. The zero-order valence-electron chi connectivity index (χ0n) is 10.1. The van der Waals surface area contributed by atoms with Crippen LogP contribution in [0.15, 0.2) is 6.07 Å². The van der Waals surface area contributed by atoms with Crippen LogP contribution in [0.4, 0.5) is 5.82 Å². The number of nitrogens with zero attached hydrogens (tertiary/aromatic N) is 2. The molecule has 0 bridgehead atoms. The van der Waals surface area contributed by atoms with Crippen molar-refractivity contribution in [3.63, 3.8) is 0 Å². The predicted octanol–water partition coefficient (Wildman–Crippen LogP) is 3.90. The molecule has 0 spiro atoms. The van der Waals surface area contributed by atoms with E-state index in [0.717, 1.165) is 19.1 Å². The summed E-state index contributed by atoms with van der Waals surface area (Å²) in [5, 5.41) is 1.12. The highest BCUT2D eigenvalue weighted by molar-refractivity contribution is 6.42. The Morgan fingerprint density at radius 1 is 1.33 bits per heavy atom. The Bertz CT molecular complexity index is 424. The van der Waals surface area contributed by atoms with Crippen LogP contribution >= 0.6 is 34.8 Å². The van der Waals surface area contributed by atoms with Crippen molar-refractivity contribution < 1.29 is 4.74 Å². The highest BCUT2D eigenvalue weighted by Crippen LogP contribution is 2.31. The van der Waals surface area contributed by atoms with Gasteiger partial charge in [-0.05, 0) is 24.8 Å². The Hall–Kier alpha value is -0.220. The third kappa shape index (κ3) is 3.89. The summed E-state index contributed by atoms with van der Waals surface area (Å²) in [6, 6.07) is 1.61. The molecule has 6 heteroatoms. The monoisotopic (exact) mass is 308 g/mol. The van der Waals surface area contributed by atoms with Crippen LogP contribution in [-0.4, -0.2) is 31.8 Å². The molecule has 1 fully saturated rings. The third-order valence-corrected chi connectivity index (χ3v) is 3.80. The summed E-state index contributed by atoms with van der Waals surface area (Å²) in [5.74, 6) is 1.41. The summed E-state index contributed by atoms with van der Waals surface area (Å²) in [6.07, 6.45) is 2.60. The van der Waals surface area contributed by atoms with Gasteiger partial charge in [0.25, 0.3) is 0 Å². The van der Waals surface area contributed by atoms with Crippen molar-refractivity contribution in [1.82, 2.24) is 4.98 Å². The van der Waals surface area contributed by atoms with E-state index in [0.29, 0.717) is 22.5 Å². The molecule has 1 aromatic heterocycles. The lowest BCUT2D eigenvalue weighted by molar-refractivity contribution is 0.131. The molecule has 0 saturated heterocycles. The van der Waals surface area contributed by atoms with E-state index < -0.39 is 0 Å². The molecule has 1 heterocycles. The van der Waals surface area contributed by atoms with Crippen LogP contribution in [0.1, 0.15) is 12.8 Å². The molecule has 1 aliphatic rings. The van der Waals surface area contributed by atoms with Crippen molar-refractivity contribution in [2.45, 2.75) is 12.8 Å². The topological polar surface area (TPSA) is 25.4 Å². The van der Waals surface area contributed by atoms with E-state index in [9.17, 15) is 0 Å². The van der Waals surface area contributed by atoms with Gasteiger partial charge in [0.1, 0.15) is 11.0 Å². The number of aromatic nitrogens is 1. The molecule has 0 amide bonds. The summed E-state index contributed by atoms with van der Waals surface area (Å²) < 4.78 is 5.57. The third-order valence-electron chi connectivity index (χ3n) is 2.85. The van der Waals surface area contributed by atoms with Gasteiger partial charge in [0.15, 0.2) is 0 Å². The zero-order valence-corrected chi connectivity index (χ0v) is 12.4. The van der Waals surface area contributed by atoms with Gasteiger partial charge in [0.2, 0.25) is 0 Å². The van der Waals surface area contributed by atoms with Crippen LogP contribution in [0.2, 0.25) is 15.2 Å². The van der Waals surface area contributed by atoms with Gasteiger partial charge in [-0.15, -0.1) is 0 Å². The van der Waals surface area contributed by atoms with E-state index in [4.69, 9.17) is 39.5 Å². The molecule has 1 aliphatic carbocycles. The summed E-state index contributed by atoms with van der Waals surface area (Å²) in [7, 11) is 1.90. The van der Waals surface area contributed by atoms with Crippen molar-refractivity contribution in [2.75, 3.05) is 31.7 Å². The lowest BCUT2D eigenvalue weighted by Crippen LogP contribution is -2.24. The average Bonchev–Trinajstić information content (AvgIpc) is 3.13. The van der Waals surface area contributed by atoms with Gasteiger partial charge in [0, 0.05) is 20.2 Å². The number of ether oxygens (including phenoxy) is 1. The normalized spacial score (nSPS) is 14.9. The maximum absolute atomic E-state index is 6.08. The minimum Gasteiger partial charge on any atom is -0.379 e. The van der Waals surface area contributed by atoms with Crippen LogP contribution in [0.5, 0.6) is 0 Å². The van der Waals surface area contributed by atoms with E-state index in [1.807, 2.05) is 11.9 Å². The molecule has 0 aromatic carbocycles. The SMILES string of the molecule is CN(CCOCC1CC1)c1nc(Cl)c(Cl)cc1Cl. The fourth-order valence-electron chi connectivity index (χ4n) is 1.54. The molecule has 1 saturated carbocycles. The molecular formula is C12H15Cl3N2O. The lowest BCUT2D eigenvalue weighted by atomic mass is 10.4.